The molecule has 0 spiro atoms. The molecule has 128 valence electrons. The molecule has 0 heterocycles. The van der Waals surface area contributed by atoms with Crippen LogP contribution in [0.15, 0.2) is 42.5 Å². The van der Waals surface area contributed by atoms with Crippen molar-refractivity contribution in [2.24, 2.45) is 0 Å². The summed E-state index contributed by atoms with van der Waals surface area (Å²) in [5.74, 6) is 1.17. The lowest BCUT2D eigenvalue weighted by Gasteiger charge is -2.12. The maximum absolute atomic E-state index is 13.5. The second kappa shape index (κ2) is 9.08. The molecule has 2 aromatic rings. The van der Waals surface area contributed by atoms with Gasteiger partial charge in [0.05, 0.1) is 14.2 Å². The van der Waals surface area contributed by atoms with Crippen molar-refractivity contribution >= 4 is 17.3 Å². The molecule has 0 amide bonds. The first-order valence-corrected chi connectivity index (χ1v) is 8.01. The van der Waals surface area contributed by atoms with Gasteiger partial charge in [0.15, 0.2) is 16.6 Å². The van der Waals surface area contributed by atoms with E-state index in [9.17, 15) is 4.39 Å². The average molecular weight is 348 g/mol. The minimum atomic E-state index is -0.238. The van der Waals surface area contributed by atoms with Crippen molar-refractivity contribution < 1.29 is 13.9 Å². The molecule has 0 aliphatic rings. The minimum Gasteiger partial charge on any atom is -0.493 e. The van der Waals surface area contributed by atoms with Crippen molar-refractivity contribution in [3.05, 3.63) is 59.4 Å². The number of hydrogen-bond acceptors (Lipinski definition) is 3. The lowest BCUT2D eigenvalue weighted by Crippen LogP contribution is -2.36. The minimum absolute atomic E-state index is 0.238. The fourth-order valence-corrected chi connectivity index (χ4v) is 2.41. The molecule has 0 unspecified atom stereocenters. The van der Waals surface area contributed by atoms with E-state index in [0.29, 0.717) is 35.3 Å². The van der Waals surface area contributed by atoms with E-state index in [4.69, 9.17) is 21.7 Å². The van der Waals surface area contributed by atoms with Gasteiger partial charge in [0.2, 0.25) is 0 Å². The first-order valence-electron chi connectivity index (χ1n) is 7.60. The predicted octanol–water partition coefficient (Wildman–Crippen LogP) is 3.05. The van der Waals surface area contributed by atoms with Crippen molar-refractivity contribution in [1.29, 1.82) is 0 Å². The van der Waals surface area contributed by atoms with Crippen LogP contribution in [0.3, 0.4) is 0 Å². The van der Waals surface area contributed by atoms with Crippen molar-refractivity contribution in [2.45, 2.75) is 13.0 Å². The maximum Gasteiger partial charge on any atom is 0.166 e. The number of benzene rings is 2. The van der Waals surface area contributed by atoms with E-state index in [1.807, 2.05) is 18.2 Å². The van der Waals surface area contributed by atoms with Gasteiger partial charge in [-0.2, -0.15) is 0 Å². The Morgan fingerprint density at radius 2 is 1.79 bits per heavy atom. The highest BCUT2D eigenvalue weighted by Crippen LogP contribution is 2.27. The van der Waals surface area contributed by atoms with E-state index in [1.165, 1.54) is 6.07 Å². The summed E-state index contributed by atoms with van der Waals surface area (Å²) in [4.78, 5) is 0. The Bertz CT molecular complexity index is 694. The van der Waals surface area contributed by atoms with E-state index in [-0.39, 0.29) is 5.82 Å². The number of thiocarbonyl (C=S) groups is 1. The van der Waals surface area contributed by atoms with Crippen LogP contribution < -0.4 is 20.1 Å². The number of ether oxygens (including phenoxy) is 2. The first kappa shape index (κ1) is 18.0. The SMILES string of the molecule is COc1ccc(CCNC(=S)NCc2ccccc2F)cc1OC. The monoisotopic (exact) mass is 348 g/mol. The van der Waals surface area contributed by atoms with Crippen LogP contribution in [0.25, 0.3) is 0 Å². The average Bonchev–Trinajstić information content (AvgIpc) is 2.61. The Labute approximate surface area is 147 Å². The lowest BCUT2D eigenvalue weighted by molar-refractivity contribution is 0.354. The highest BCUT2D eigenvalue weighted by Gasteiger charge is 2.05. The van der Waals surface area contributed by atoms with Crippen molar-refractivity contribution in [2.75, 3.05) is 20.8 Å². The van der Waals surface area contributed by atoms with Gasteiger partial charge in [-0.15, -0.1) is 0 Å². The van der Waals surface area contributed by atoms with Crippen LogP contribution >= 0.6 is 12.2 Å². The van der Waals surface area contributed by atoms with E-state index in [0.717, 1.165) is 12.0 Å². The zero-order chi connectivity index (χ0) is 17.4. The number of halogens is 1. The molecule has 2 N–H and O–H groups in total. The summed E-state index contributed by atoms with van der Waals surface area (Å²) in [5.41, 5.74) is 1.69. The molecule has 24 heavy (non-hydrogen) atoms. The van der Waals surface area contributed by atoms with Gasteiger partial charge in [0.25, 0.3) is 0 Å². The van der Waals surface area contributed by atoms with Crippen molar-refractivity contribution in [3.8, 4) is 11.5 Å². The summed E-state index contributed by atoms with van der Waals surface area (Å²) >= 11 is 5.21. The Morgan fingerprint density at radius 1 is 1.04 bits per heavy atom. The molecule has 2 aromatic carbocycles. The van der Waals surface area contributed by atoms with Crippen LogP contribution in [0.4, 0.5) is 4.39 Å². The van der Waals surface area contributed by atoms with Crippen LogP contribution in [-0.4, -0.2) is 25.9 Å². The highest BCUT2D eigenvalue weighted by atomic mass is 32.1. The fourth-order valence-electron chi connectivity index (χ4n) is 2.24. The van der Waals surface area contributed by atoms with Gasteiger partial charge in [-0.3, -0.25) is 0 Å². The molecule has 4 nitrogen and oxygen atoms in total. The second-order valence-corrected chi connectivity index (χ2v) is 5.55. The molecule has 0 saturated carbocycles. The summed E-state index contributed by atoms with van der Waals surface area (Å²) in [6.07, 6.45) is 0.780. The predicted molar refractivity (Wildman–Crippen MR) is 97.1 cm³/mol. The quantitative estimate of drug-likeness (QED) is 0.753. The summed E-state index contributed by atoms with van der Waals surface area (Å²) in [5, 5.41) is 6.61. The molecular formula is C18H21FN2O2S. The summed E-state index contributed by atoms with van der Waals surface area (Å²) in [7, 11) is 3.22. The Kier molecular flexibility index (Phi) is 6.81. The highest BCUT2D eigenvalue weighted by molar-refractivity contribution is 7.80. The van der Waals surface area contributed by atoms with Crippen LogP contribution in [0.5, 0.6) is 11.5 Å². The molecule has 2 rings (SSSR count). The van der Waals surface area contributed by atoms with Gasteiger partial charge in [-0.25, -0.2) is 4.39 Å². The van der Waals surface area contributed by atoms with E-state index in [2.05, 4.69) is 10.6 Å². The number of methoxy groups -OCH3 is 2. The van der Waals surface area contributed by atoms with E-state index in [1.54, 1.807) is 32.4 Å². The largest absolute Gasteiger partial charge is 0.493 e. The number of nitrogens with one attached hydrogen (secondary N) is 2. The van der Waals surface area contributed by atoms with Gasteiger partial charge >= 0.3 is 0 Å². The molecule has 0 aromatic heterocycles. The fraction of sp³-hybridized carbons (Fsp3) is 0.278. The standard InChI is InChI=1S/C18H21FN2O2S/c1-22-16-8-7-13(11-17(16)23-2)9-10-20-18(24)21-12-14-5-3-4-6-15(14)19/h3-8,11H,9-10,12H2,1-2H3,(H2,20,21,24). The molecule has 0 radical (unpaired) electrons. The smallest absolute Gasteiger partial charge is 0.166 e. The maximum atomic E-state index is 13.5. The Balaban J connectivity index is 1.77. The molecule has 6 heteroatoms. The molecule has 0 atom stereocenters. The summed E-state index contributed by atoms with van der Waals surface area (Å²) < 4.78 is 24.0. The van der Waals surface area contributed by atoms with Crippen LogP contribution in [-0.2, 0) is 13.0 Å². The molecule has 0 saturated heterocycles. The van der Waals surface area contributed by atoms with Crippen LogP contribution in [0.2, 0.25) is 0 Å². The molecular weight excluding hydrogens is 327 g/mol. The van der Waals surface area contributed by atoms with Gasteiger partial charge in [-0.1, -0.05) is 24.3 Å². The third kappa shape index (κ3) is 5.09. The number of rotatable bonds is 7. The summed E-state index contributed by atoms with van der Waals surface area (Å²) in [6.45, 7) is 1.02. The first-order chi connectivity index (χ1) is 11.6. The molecule has 0 aliphatic carbocycles. The van der Waals surface area contributed by atoms with Gasteiger partial charge in [0.1, 0.15) is 5.82 Å². The topological polar surface area (TPSA) is 42.5 Å². The molecule has 0 bridgehead atoms. The molecule has 0 fully saturated rings. The van der Waals surface area contributed by atoms with Crippen LogP contribution in [0.1, 0.15) is 11.1 Å². The Morgan fingerprint density at radius 3 is 2.50 bits per heavy atom. The third-order valence-corrected chi connectivity index (χ3v) is 3.83. The second-order valence-electron chi connectivity index (χ2n) is 5.14. The zero-order valence-electron chi connectivity index (χ0n) is 13.8. The van der Waals surface area contributed by atoms with Gasteiger partial charge in [0, 0.05) is 18.7 Å². The van der Waals surface area contributed by atoms with Crippen molar-refractivity contribution in [1.82, 2.24) is 10.6 Å². The van der Waals surface area contributed by atoms with Gasteiger partial charge in [-0.05, 0) is 42.4 Å². The number of hydrogen-bond donors (Lipinski definition) is 2. The lowest BCUT2D eigenvalue weighted by atomic mass is 10.1. The molecule has 0 aliphatic heterocycles. The van der Waals surface area contributed by atoms with Gasteiger partial charge < -0.3 is 20.1 Å². The van der Waals surface area contributed by atoms with Crippen molar-refractivity contribution in [3.63, 3.8) is 0 Å². The Hall–Kier alpha value is -2.34. The third-order valence-electron chi connectivity index (χ3n) is 3.54. The normalized spacial score (nSPS) is 10.1. The van der Waals surface area contributed by atoms with Crippen LogP contribution in [0, 0.1) is 5.82 Å². The van der Waals surface area contributed by atoms with E-state index >= 15 is 0 Å². The van der Waals surface area contributed by atoms with E-state index < -0.39 is 0 Å². The summed E-state index contributed by atoms with van der Waals surface area (Å²) in [6, 6.07) is 12.4. The zero-order valence-corrected chi connectivity index (χ0v) is 14.6.